The van der Waals surface area contributed by atoms with Gasteiger partial charge in [0, 0.05) is 24.1 Å². The smallest absolute Gasteiger partial charge is 0.303 e. The lowest BCUT2D eigenvalue weighted by Gasteiger charge is -2.15. The van der Waals surface area contributed by atoms with Gasteiger partial charge >= 0.3 is 5.97 Å². The van der Waals surface area contributed by atoms with Crippen molar-refractivity contribution in [1.82, 2.24) is 15.3 Å². The molecule has 0 spiro atoms. The first-order valence-corrected chi connectivity index (χ1v) is 11.6. The van der Waals surface area contributed by atoms with Gasteiger partial charge in [-0.3, -0.25) is 9.59 Å². The lowest BCUT2D eigenvalue weighted by atomic mass is 9.89. The van der Waals surface area contributed by atoms with Gasteiger partial charge in [0.2, 0.25) is 0 Å². The molecular formula is C26H20FN3O3S. The highest BCUT2D eigenvalue weighted by Gasteiger charge is 2.39. The van der Waals surface area contributed by atoms with Crippen molar-refractivity contribution in [3.63, 3.8) is 0 Å². The van der Waals surface area contributed by atoms with Crippen LogP contribution in [0.25, 0.3) is 20.9 Å². The fraction of sp³-hybridized carbons (Fsp3) is 0.154. The Balaban J connectivity index is 1.36. The van der Waals surface area contributed by atoms with E-state index in [2.05, 4.69) is 34.6 Å². The summed E-state index contributed by atoms with van der Waals surface area (Å²) >= 11 is 1.31. The fourth-order valence-corrected chi connectivity index (χ4v) is 4.81. The minimum absolute atomic E-state index is 0.0382. The molecule has 0 aliphatic heterocycles. The van der Waals surface area contributed by atoms with E-state index in [1.54, 1.807) is 0 Å². The van der Waals surface area contributed by atoms with E-state index in [1.807, 2.05) is 30.3 Å². The van der Waals surface area contributed by atoms with Gasteiger partial charge in [0.25, 0.3) is 5.91 Å². The number of carboxylic acid groups (broad SMARTS) is 1. The topological polar surface area (TPSA) is 92.2 Å². The number of pyridine rings is 1. The number of hydrogen-bond acceptors (Lipinski definition) is 5. The highest BCUT2D eigenvalue weighted by molar-refractivity contribution is 7.21. The summed E-state index contributed by atoms with van der Waals surface area (Å²) in [5.41, 5.74) is 2.90. The number of aromatic nitrogens is 2. The predicted molar refractivity (Wildman–Crippen MR) is 128 cm³/mol. The first-order chi connectivity index (χ1) is 16.5. The molecule has 5 rings (SSSR count). The number of benzene rings is 2. The van der Waals surface area contributed by atoms with Gasteiger partial charge in [0.1, 0.15) is 21.2 Å². The molecule has 6 nitrogen and oxygen atoms in total. The van der Waals surface area contributed by atoms with E-state index in [9.17, 15) is 14.0 Å². The number of rotatable bonds is 8. The summed E-state index contributed by atoms with van der Waals surface area (Å²) in [6.45, 7) is 0.208. The number of carboxylic acids is 1. The zero-order chi connectivity index (χ0) is 23.7. The van der Waals surface area contributed by atoms with Crippen molar-refractivity contribution in [1.29, 1.82) is 0 Å². The molecular weight excluding hydrogens is 453 g/mol. The highest BCUT2D eigenvalue weighted by Crippen LogP contribution is 2.45. The van der Waals surface area contributed by atoms with Crippen LogP contribution in [0.3, 0.4) is 0 Å². The number of carbonyl (C=O) groups is 2. The Morgan fingerprint density at radius 3 is 2.53 bits per heavy atom. The maximum atomic E-state index is 14.9. The van der Waals surface area contributed by atoms with E-state index in [-0.39, 0.29) is 23.9 Å². The third kappa shape index (κ3) is 4.20. The van der Waals surface area contributed by atoms with Gasteiger partial charge in [0.15, 0.2) is 0 Å². The summed E-state index contributed by atoms with van der Waals surface area (Å²) < 4.78 is 14.9. The van der Waals surface area contributed by atoms with Gasteiger partial charge in [-0.05, 0) is 42.3 Å². The molecule has 1 aliphatic carbocycles. The lowest BCUT2D eigenvalue weighted by molar-refractivity contribution is -0.137. The molecule has 0 unspecified atom stereocenters. The largest absolute Gasteiger partial charge is 0.481 e. The van der Waals surface area contributed by atoms with Crippen LogP contribution in [0, 0.1) is 5.82 Å². The van der Waals surface area contributed by atoms with Crippen molar-refractivity contribution in [2.24, 2.45) is 0 Å². The van der Waals surface area contributed by atoms with E-state index < -0.39 is 17.7 Å². The summed E-state index contributed by atoms with van der Waals surface area (Å²) in [5, 5.41) is 11.8. The molecule has 4 aromatic rings. The van der Waals surface area contributed by atoms with Crippen LogP contribution in [0.4, 0.5) is 4.39 Å². The Hall–Kier alpha value is -3.91. The quantitative estimate of drug-likeness (QED) is 0.279. The average molecular weight is 474 g/mol. The molecule has 2 aromatic carbocycles. The van der Waals surface area contributed by atoms with Gasteiger partial charge in [-0.2, -0.15) is 0 Å². The Morgan fingerprint density at radius 2 is 1.82 bits per heavy atom. The average Bonchev–Trinajstić information content (AvgIpc) is 3.55. The second-order valence-electron chi connectivity index (χ2n) is 8.06. The summed E-state index contributed by atoms with van der Waals surface area (Å²) in [6.07, 6.45) is 4.50. The van der Waals surface area contributed by atoms with Gasteiger partial charge in [-0.15, -0.1) is 0 Å². The molecule has 1 aliphatic rings. The van der Waals surface area contributed by atoms with Crippen LogP contribution >= 0.6 is 11.3 Å². The number of fused-ring (bicyclic) bond motifs is 1. The third-order valence-corrected chi connectivity index (χ3v) is 6.74. The van der Waals surface area contributed by atoms with Crippen LogP contribution in [-0.2, 0) is 10.2 Å². The van der Waals surface area contributed by atoms with Crippen LogP contribution < -0.4 is 5.32 Å². The number of thiazole rings is 1. The van der Waals surface area contributed by atoms with Crippen LogP contribution in [0.15, 0.2) is 72.8 Å². The minimum atomic E-state index is -0.925. The number of nitrogens with zero attached hydrogens (tertiary/aromatic N) is 2. The molecule has 1 amide bonds. The van der Waals surface area contributed by atoms with Crippen LogP contribution in [0.1, 0.15) is 34.5 Å². The van der Waals surface area contributed by atoms with E-state index in [4.69, 9.17) is 10.1 Å². The van der Waals surface area contributed by atoms with Gasteiger partial charge in [-0.1, -0.05) is 53.8 Å². The molecule has 2 N–H and O–H groups in total. The normalized spacial score (nSPS) is 13.7. The number of nitrogens with one attached hydrogen (secondary N) is 1. The van der Waals surface area contributed by atoms with Gasteiger partial charge in [-0.25, -0.2) is 14.4 Å². The van der Waals surface area contributed by atoms with Crippen molar-refractivity contribution < 1.29 is 19.1 Å². The van der Waals surface area contributed by atoms with Crippen molar-refractivity contribution >= 4 is 33.6 Å². The number of aliphatic carboxylic acids is 1. The fourth-order valence-electron chi connectivity index (χ4n) is 3.84. The maximum absolute atomic E-state index is 14.9. The minimum Gasteiger partial charge on any atom is -0.481 e. The van der Waals surface area contributed by atoms with Crippen molar-refractivity contribution in [3.8, 4) is 10.6 Å². The van der Waals surface area contributed by atoms with E-state index in [0.29, 0.717) is 22.5 Å². The number of carbonyl (C=O) groups excluding carboxylic acids is 1. The van der Waals surface area contributed by atoms with E-state index in [0.717, 1.165) is 16.1 Å². The molecule has 34 heavy (non-hydrogen) atoms. The molecule has 2 heterocycles. The SMILES string of the molecule is O=C(O)CCCNC(=O)c1ccc(-c2nc3ccc(C4(c5ccccc5)C=C4)nc3s2)c(F)c1. The molecule has 0 saturated heterocycles. The first-order valence-electron chi connectivity index (χ1n) is 10.8. The zero-order valence-electron chi connectivity index (χ0n) is 18.0. The molecule has 0 atom stereocenters. The Kier molecular flexibility index (Phi) is 5.67. The number of allylic oxidation sites excluding steroid dienone is 2. The number of hydrogen-bond donors (Lipinski definition) is 2. The summed E-state index contributed by atoms with van der Waals surface area (Å²) in [5.74, 6) is -1.93. The van der Waals surface area contributed by atoms with Crippen LogP contribution in [0.2, 0.25) is 0 Å². The van der Waals surface area contributed by atoms with Crippen LogP contribution in [-0.4, -0.2) is 33.5 Å². The number of amides is 1. The summed E-state index contributed by atoms with van der Waals surface area (Å²) in [7, 11) is 0. The molecule has 8 heteroatoms. The first kappa shape index (κ1) is 21.9. The van der Waals surface area contributed by atoms with E-state index >= 15 is 0 Å². The monoisotopic (exact) mass is 473 g/mol. The lowest BCUT2D eigenvalue weighted by Crippen LogP contribution is -2.25. The summed E-state index contributed by atoms with van der Waals surface area (Å²) in [6, 6.07) is 18.2. The molecule has 0 saturated carbocycles. The van der Waals surface area contributed by atoms with Crippen molar-refractivity contribution in [2.45, 2.75) is 18.3 Å². The molecule has 0 fully saturated rings. The Bertz CT molecular complexity index is 1430. The Labute approximate surface area is 198 Å². The van der Waals surface area contributed by atoms with Gasteiger partial charge in [0.05, 0.1) is 11.1 Å². The molecule has 170 valence electrons. The standard InChI is InChI=1S/C26H20FN3O3S/c27-19-15-16(23(33)28-14-4-7-22(31)32)8-9-18(19)24-29-20-10-11-21(30-25(20)34-24)26(12-13-26)17-5-2-1-3-6-17/h1-3,5-6,8-13,15H,4,7,14H2,(H,28,33)(H,31,32). The summed E-state index contributed by atoms with van der Waals surface area (Å²) in [4.78, 5) is 32.9. The van der Waals surface area contributed by atoms with E-state index in [1.165, 1.54) is 29.5 Å². The second kappa shape index (κ2) is 8.79. The van der Waals surface area contributed by atoms with Crippen molar-refractivity contribution in [3.05, 3.63) is 95.5 Å². The third-order valence-electron chi connectivity index (χ3n) is 5.75. The Morgan fingerprint density at radius 1 is 1.03 bits per heavy atom. The predicted octanol–water partition coefficient (Wildman–Crippen LogP) is 4.95. The molecule has 0 radical (unpaired) electrons. The molecule has 2 aromatic heterocycles. The van der Waals surface area contributed by atoms with Crippen LogP contribution in [0.5, 0.6) is 0 Å². The molecule has 0 bridgehead atoms. The zero-order valence-corrected chi connectivity index (χ0v) is 18.8. The maximum Gasteiger partial charge on any atom is 0.303 e. The highest BCUT2D eigenvalue weighted by atomic mass is 32.1. The number of halogens is 1. The van der Waals surface area contributed by atoms with Gasteiger partial charge < -0.3 is 10.4 Å². The van der Waals surface area contributed by atoms with Crippen molar-refractivity contribution in [2.75, 3.05) is 6.54 Å². The second-order valence-corrected chi connectivity index (χ2v) is 9.03.